The minimum Gasteiger partial charge on any atom is -0.496 e. The van der Waals surface area contributed by atoms with Gasteiger partial charge in [-0.1, -0.05) is 11.6 Å². The summed E-state index contributed by atoms with van der Waals surface area (Å²) < 4.78 is 5.01. The molecular formula is C14H17ClN2O4. The summed E-state index contributed by atoms with van der Waals surface area (Å²) in [6, 6.07) is 2.28. The highest BCUT2D eigenvalue weighted by Gasteiger charge is 2.33. The van der Waals surface area contributed by atoms with Gasteiger partial charge in [0.2, 0.25) is 0 Å². The summed E-state index contributed by atoms with van der Waals surface area (Å²) in [5.41, 5.74) is 0.0696. The largest absolute Gasteiger partial charge is 0.496 e. The number of benzene rings is 1. The van der Waals surface area contributed by atoms with Crippen molar-refractivity contribution in [1.82, 2.24) is 5.32 Å². The second-order valence-corrected chi connectivity index (χ2v) is 5.74. The third-order valence-electron chi connectivity index (χ3n) is 3.64. The number of urea groups is 1. The molecule has 0 atom stereocenters. The van der Waals surface area contributed by atoms with Crippen LogP contribution in [-0.4, -0.2) is 29.8 Å². The highest BCUT2D eigenvalue weighted by Crippen LogP contribution is 2.33. The van der Waals surface area contributed by atoms with Gasteiger partial charge in [0, 0.05) is 11.6 Å². The number of carboxylic acid groups (broad SMARTS) is 1. The van der Waals surface area contributed by atoms with Crippen LogP contribution in [0.5, 0.6) is 5.75 Å². The maximum absolute atomic E-state index is 12.0. The van der Waals surface area contributed by atoms with Gasteiger partial charge in [0.15, 0.2) is 0 Å². The third-order valence-corrected chi connectivity index (χ3v) is 3.95. The molecule has 1 saturated carbocycles. The summed E-state index contributed by atoms with van der Waals surface area (Å²) in [6.07, 6.45) is 2.98. The van der Waals surface area contributed by atoms with Gasteiger partial charge in [-0.3, -0.25) is 0 Å². The number of halogens is 1. The fourth-order valence-corrected chi connectivity index (χ4v) is 2.46. The lowest BCUT2D eigenvalue weighted by Gasteiger charge is -2.39. The second-order valence-electron chi connectivity index (χ2n) is 5.33. The Balaban J connectivity index is 2.16. The van der Waals surface area contributed by atoms with Gasteiger partial charge in [0.25, 0.3) is 0 Å². The van der Waals surface area contributed by atoms with Crippen LogP contribution in [0.1, 0.15) is 36.5 Å². The van der Waals surface area contributed by atoms with E-state index in [9.17, 15) is 9.59 Å². The van der Waals surface area contributed by atoms with Gasteiger partial charge < -0.3 is 20.5 Å². The van der Waals surface area contributed by atoms with E-state index in [1.165, 1.54) is 19.2 Å². The van der Waals surface area contributed by atoms with E-state index in [1.54, 1.807) is 0 Å². The van der Waals surface area contributed by atoms with Crippen molar-refractivity contribution in [3.8, 4) is 5.75 Å². The van der Waals surface area contributed by atoms with Crippen molar-refractivity contribution in [2.24, 2.45) is 0 Å². The Bertz CT molecular complexity index is 585. The molecule has 0 unspecified atom stereocenters. The number of hydrogen-bond acceptors (Lipinski definition) is 3. The van der Waals surface area contributed by atoms with Crippen molar-refractivity contribution in [2.45, 2.75) is 31.7 Å². The average Bonchev–Trinajstić information content (AvgIpc) is 2.38. The summed E-state index contributed by atoms with van der Waals surface area (Å²) in [5, 5.41) is 14.7. The maximum atomic E-state index is 12.0. The van der Waals surface area contributed by atoms with Crippen LogP contribution in [0, 0.1) is 0 Å². The number of carbonyl (C=O) groups is 2. The van der Waals surface area contributed by atoms with Crippen molar-refractivity contribution in [3.05, 3.63) is 22.7 Å². The molecule has 1 aliphatic rings. The number of rotatable bonds is 4. The number of anilines is 1. The van der Waals surface area contributed by atoms with Crippen LogP contribution in [0.4, 0.5) is 10.5 Å². The quantitative estimate of drug-likeness (QED) is 0.797. The zero-order chi connectivity index (χ0) is 15.6. The van der Waals surface area contributed by atoms with Crippen molar-refractivity contribution >= 4 is 29.3 Å². The molecular weight excluding hydrogens is 296 g/mol. The summed E-state index contributed by atoms with van der Waals surface area (Å²) in [4.78, 5) is 23.0. The number of hydrogen-bond donors (Lipinski definition) is 3. The van der Waals surface area contributed by atoms with Gasteiger partial charge in [-0.05, 0) is 32.3 Å². The van der Waals surface area contributed by atoms with E-state index in [0.29, 0.717) is 5.69 Å². The molecule has 6 nitrogen and oxygen atoms in total. The molecule has 7 heteroatoms. The Morgan fingerprint density at radius 3 is 2.52 bits per heavy atom. The van der Waals surface area contributed by atoms with E-state index >= 15 is 0 Å². The van der Waals surface area contributed by atoms with E-state index in [1.807, 2.05) is 6.92 Å². The van der Waals surface area contributed by atoms with Gasteiger partial charge in [-0.2, -0.15) is 0 Å². The van der Waals surface area contributed by atoms with Crippen LogP contribution >= 0.6 is 11.6 Å². The highest BCUT2D eigenvalue weighted by molar-refractivity contribution is 6.34. The van der Waals surface area contributed by atoms with Crippen LogP contribution < -0.4 is 15.4 Å². The lowest BCUT2D eigenvalue weighted by molar-refractivity contribution is 0.0693. The van der Waals surface area contributed by atoms with Gasteiger partial charge in [0.1, 0.15) is 11.3 Å². The molecule has 1 aromatic rings. The fraction of sp³-hybridized carbons (Fsp3) is 0.429. The summed E-state index contributed by atoms with van der Waals surface area (Å²) in [7, 11) is 1.36. The van der Waals surface area contributed by atoms with Gasteiger partial charge in [-0.15, -0.1) is 0 Å². The van der Waals surface area contributed by atoms with Gasteiger partial charge in [0.05, 0.1) is 17.8 Å². The third kappa shape index (κ3) is 3.39. The minimum absolute atomic E-state index is 0.0561. The zero-order valence-electron chi connectivity index (χ0n) is 11.8. The number of nitrogens with one attached hydrogen (secondary N) is 2. The Morgan fingerprint density at radius 1 is 1.38 bits per heavy atom. The van der Waals surface area contributed by atoms with Crippen molar-refractivity contribution in [1.29, 1.82) is 0 Å². The molecule has 1 aliphatic carbocycles. The number of aromatic carboxylic acids is 1. The molecule has 0 radical (unpaired) electrons. The van der Waals surface area contributed by atoms with E-state index in [2.05, 4.69) is 10.6 Å². The minimum atomic E-state index is -1.15. The smallest absolute Gasteiger partial charge is 0.339 e. The van der Waals surface area contributed by atoms with E-state index in [0.717, 1.165) is 19.3 Å². The molecule has 2 amide bonds. The highest BCUT2D eigenvalue weighted by atomic mass is 35.5. The SMILES string of the molecule is COc1cc(NC(=O)NC2(C)CCC2)c(Cl)cc1C(=O)O. The van der Waals surface area contributed by atoms with Crippen LogP contribution in [0.2, 0.25) is 5.02 Å². The molecule has 1 aromatic carbocycles. The van der Waals surface area contributed by atoms with Crippen LogP contribution in [0.25, 0.3) is 0 Å². The first-order valence-electron chi connectivity index (χ1n) is 6.55. The number of ether oxygens (including phenoxy) is 1. The molecule has 0 heterocycles. The summed E-state index contributed by atoms with van der Waals surface area (Å²) in [5.74, 6) is -1.01. The molecule has 114 valence electrons. The first-order valence-corrected chi connectivity index (χ1v) is 6.92. The van der Waals surface area contributed by atoms with E-state index < -0.39 is 5.97 Å². The fourth-order valence-electron chi connectivity index (χ4n) is 2.24. The Morgan fingerprint density at radius 2 is 2.05 bits per heavy atom. The Labute approximate surface area is 127 Å². The zero-order valence-corrected chi connectivity index (χ0v) is 12.6. The molecule has 0 bridgehead atoms. The molecule has 0 aliphatic heterocycles. The predicted molar refractivity (Wildman–Crippen MR) is 79.4 cm³/mol. The van der Waals surface area contributed by atoms with Crippen molar-refractivity contribution in [2.75, 3.05) is 12.4 Å². The Hall–Kier alpha value is -1.95. The topological polar surface area (TPSA) is 87.7 Å². The van der Waals surface area contributed by atoms with Crippen molar-refractivity contribution < 1.29 is 19.4 Å². The van der Waals surface area contributed by atoms with E-state index in [4.69, 9.17) is 21.4 Å². The maximum Gasteiger partial charge on any atom is 0.339 e. The number of methoxy groups -OCH3 is 1. The van der Waals surface area contributed by atoms with Crippen LogP contribution in [-0.2, 0) is 0 Å². The standard InChI is InChI=1S/C14H17ClN2O4/c1-14(4-3-5-14)17-13(20)16-10-7-11(21-2)8(12(18)19)6-9(10)15/h6-7H,3-5H2,1-2H3,(H,18,19)(H2,16,17,20). The number of amides is 2. The van der Waals surface area contributed by atoms with E-state index in [-0.39, 0.29) is 27.9 Å². The molecule has 21 heavy (non-hydrogen) atoms. The molecule has 1 fully saturated rings. The first-order chi connectivity index (χ1) is 9.84. The van der Waals surface area contributed by atoms with Gasteiger partial charge in [-0.25, -0.2) is 9.59 Å². The summed E-state index contributed by atoms with van der Waals surface area (Å²) >= 11 is 6.00. The second kappa shape index (κ2) is 5.81. The average molecular weight is 313 g/mol. The molecule has 0 aromatic heterocycles. The molecule has 2 rings (SSSR count). The normalized spacial score (nSPS) is 15.8. The molecule has 0 saturated heterocycles. The Kier molecular flexibility index (Phi) is 4.27. The summed E-state index contributed by atoms with van der Waals surface area (Å²) in [6.45, 7) is 1.98. The monoisotopic (exact) mass is 312 g/mol. The molecule has 0 spiro atoms. The number of carbonyl (C=O) groups excluding carboxylic acids is 1. The lowest BCUT2D eigenvalue weighted by atomic mass is 9.79. The predicted octanol–water partition coefficient (Wildman–Crippen LogP) is 3.11. The van der Waals surface area contributed by atoms with Gasteiger partial charge >= 0.3 is 12.0 Å². The van der Waals surface area contributed by atoms with Crippen LogP contribution in [0.3, 0.4) is 0 Å². The van der Waals surface area contributed by atoms with Crippen LogP contribution in [0.15, 0.2) is 12.1 Å². The number of carboxylic acids is 1. The first kappa shape index (κ1) is 15.4. The molecule has 3 N–H and O–H groups in total. The lowest BCUT2D eigenvalue weighted by Crippen LogP contribution is -2.52. The van der Waals surface area contributed by atoms with Crippen molar-refractivity contribution in [3.63, 3.8) is 0 Å².